The summed E-state index contributed by atoms with van der Waals surface area (Å²) in [4.78, 5) is 53.4. The summed E-state index contributed by atoms with van der Waals surface area (Å²) in [7, 11) is 1.41. The lowest BCUT2D eigenvalue weighted by molar-refractivity contribution is -0.134. The Bertz CT molecular complexity index is 1230. The third kappa shape index (κ3) is 8.60. The first-order valence-electron chi connectivity index (χ1n) is 14.2. The lowest BCUT2D eigenvalue weighted by Gasteiger charge is -2.26. The first-order chi connectivity index (χ1) is 20.3. The van der Waals surface area contributed by atoms with Gasteiger partial charge in [0, 0.05) is 13.7 Å². The van der Waals surface area contributed by atoms with Crippen molar-refractivity contribution in [1.29, 1.82) is 0 Å². The number of para-hydroxylation sites is 1. The number of benzene rings is 2. The van der Waals surface area contributed by atoms with Crippen LogP contribution in [0, 0.1) is 0 Å². The van der Waals surface area contributed by atoms with Crippen molar-refractivity contribution in [3.8, 4) is 5.75 Å². The van der Waals surface area contributed by atoms with Crippen molar-refractivity contribution in [1.82, 2.24) is 16.0 Å². The molecule has 42 heavy (non-hydrogen) atoms. The maximum Gasteiger partial charge on any atom is 0.255 e. The number of carbonyl (C=O) groups excluding carboxylic acids is 4. The topological polar surface area (TPSA) is 145 Å². The van der Waals surface area contributed by atoms with Gasteiger partial charge in [0.15, 0.2) is 5.78 Å². The predicted molar refractivity (Wildman–Crippen MR) is 153 cm³/mol. The van der Waals surface area contributed by atoms with E-state index >= 15 is 0 Å². The average molecular weight is 582 g/mol. The molecule has 1 fully saturated rings. The summed E-state index contributed by atoms with van der Waals surface area (Å²) in [5.74, 6) is -1.56. The highest BCUT2D eigenvalue weighted by atomic mass is 16.6. The number of nitrogens with one attached hydrogen (secondary N) is 3. The summed E-state index contributed by atoms with van der Waals surface area (Å²) in [5, 5.41) is 8.21. The number of epoxide rings is 1. The van der Waals surface area contributed by atoms with Crippen LogP contribution in [0.3, 0.4) is 0 Å². The summed E-state index contributed by atoms with van der Waals surface area (Å²) in [6.45, 7) is 2.50. The number of hydrogen-bond acceptors (Lipinski definition) is 8. The van der Waals surface area contributed by atoms with E-state index in [-0.39, 0.29) is 37.6 Å². The normalized spacial score (nSPS) is 24.2. The third-order valence-electron chi connectivity index (χ3n) is 7.21. The summed E-state index contributed by atoms with van der Waals surface area (Å²) < 4.78 is 22.2. The fourth-order valence-electron chi connectivity index (χ4n) is 4.64. The molecule has 4 rings (SSSR count). The van der Waals surface area contributed by atoms with Gasteiger partial charge in [-0.15, -0.1) is 0 Å². The second-order valence-corrected chi connectivity index (χ2v) is 10.7. The van der Waals surface area contributed by atoms with E-state index in [1.165, 1.54) is 7.11 Å². The minimum Gasteiger partial charge on any atom is -0.493 e. The number of Topliss-reactive ketones (excluding diaryl/α,β-unsaturated/α-hetero) is 1. The standard InChI is InChI=1S/C31H39N3O8/c1-31(20-42-31)27(35)23(17-21-11-5-3-6-12-21)32-30(38)25-19-40-15-9-4-10-16-41-26-14-8-7-13-22(26)28(36)33-24(18-39-2)29(37)34-25/h3,5-8,11-14,23-25H,4,9-10,15-20H2,1-2H3,(H,32,38)(H,33,36)(H,34,37)/t23-,24-,25-,31+/m0/s1. The summed E-state index contributed by atoms with van der Waals surface area (Å²) in [6, 6.07) is 13.0. The van der Waals surface area contributed by atoms with Gasteiger partial charge in [0.1, 0.15) is 23.4 Å². The molecule has 226 valence electrons. The molecule has 0 aliphatic carbocycles. The first-order valence-corrected chi connectivity index (χ1v) is 14.2. The number of ketones is 1. The largest absolute Gasteiger partial charge is 0.493 e. The third-order valence-corrected chi connectivity index (χ3v) is 7.21. The Morgan fingerprint density at radius 1 is 1.02 bits per heavy atom. The van der Waals surface area contributed by atoms with Crippen LogP contribution in [0.4, 0.5) is 0 Å². The molecular formula is C31H39N3O8. The van der Waals surface area contributed by atoms with Crippen LogP contribution in [0.2, 0.25) is 0 Å². The zero-order valence-corrected chi connectivity index (χ0v) is 24.1. The second-order valence-electron chi connectivity index (χ2n) is 10.7. The van der Waals surface area contributed by atoms with Crippen LogP contribution in [0.25, 0.3) is 0 Å². The van der Waals surface area contributed by atoms with Crippen molar-refractivity contribution in [2.45, 2.75) is 56.3 Å². The van der Waals surface area contributed by atoms with Crippen molar-refractivity contribution < 1.29 is 38.1 Å². The zero-order valence-electron chi connectivity index (χ0n) is 24.1. The molecule has 4 atom stereocenters. The van der Waals surface area contributed by atoms with E-state index in [0.29, 0.717) is 25.4 Å². The van der Waals surface area contributed by atoms with Crippen molar-refractivity contribution in [3.63, 3.8) is 0 Å². The van der Waals surface area contributed by atoms with Crippen LogP contribution in [0.5, 0.6) is 5.75 Å². The van der Waals surface area contributed by atoms with Crippen molar-refractivity contribution in [2.75, 3.05) is 40.1 Å². The molecule has 3 amide bonds. The number of ether oxygens (including phenoxy) is 4. The first kappa shape index (κ1) is 31.1. The lowest BCUT2D eigenvalue weighted by atomic mass is 9.94. The van der Waals surface area contributed by atoms with Gasteiger partial charge in [0.05, 0.1) is 38.0 Å². The molecule has 2 aromatic rings. The Kier molecular flexibility index (Phi) is 11.0. The number of hydrogen-bond donors (Lipinski definition) is 3. The maximum absolute atomic E-state index is 13.6. The highest BCUT2D eigenvalue weighted by Crippen LogP contribution is 2.29. The van der Waals surface area contributed by atoms with Gasteiger partial charge in [0.2, 0.25) is 11.8 Å². The Morgan fingerprint density at radius 2 is 1.74 bits per heavy atom. The van der Waals surface area contributed by atoms with Gasteiger partial charge < -0.3 is 34.9 Å². The summed E-state index contributed by atoms with van der Waals surface area (Å²) in [6.07, 6.45) is 2.52. The van der Waals surface area contributed by atoms with E-state index in [1.807, 2.05) is 30.3 Å². The Balaban J connectivity index is 1.53. The Hall–Kier alpha value is -3.80. The Labute approximate surface area is 245 Å². The van der Waals surface area contributed by atoms with Gasteiger partial charge in [-0.25, -0.2) is 0 Å². The van der Waals surface area contributed by atoms with Crippen molar-refractivity contribution in [2.24, 2.45) is 0 Å². The summed E-state index contributed by atoms with van der Waals surface area (Å²) in [5.41, 5.74) is 0.195. The Morgan fingerprint density at radius 3 is 2.48 bits per heavy atom. The van der Waals surface area contributed by atoms with Crippen LogP contribution in [0.1, 0.15) is 42.1 Å². The van der Waals surface area contributed by atoms with Crippen molar-refractivity contribution >= 4 is 23.5 Å². The molecular weight excluding hydrogens is 542 g/mol. The van der Waals surface area contributed by atoms with Gasteiger partial charge in [-0.2, -0.15) is 0 Å². The molecule has 0 aromatic heterocycles. The molecule has 0 spiro atoms. The van der Waals surface area contributed by atoms with Gasteiger partial charge in [-0.05, 0) is 50.3 Å². The van der Waals surface area contributed by atoms with E-state index in [0.717, 1.165) is 18.4 Å². The lowest BCUT2D eigenvalue weighted by Crippen LogP contribution is -2.59. The van der Waals surface area contributed by atoms with Crippen LogP contribution in [0.15, 0.2) is 54.6 Å². The molecule has 0 bridgehead atoms. The minimum absolute atomic E-state index is 0.120. The van der Waals surface area contributed by atoms with Gasteiger partial charge in [-0.3, -0.25) is 19.2 Å². The monoisotopic (exact) mass is 581 g/mol. The predicted octanol–water partition coefficient (Wildman–Crippen LogP) is 1.58. The van der Waals surface area contributed by atoms with Gasteiger partial charge in [0.25, 0.3) is 5.91 Å². The zero-order chi connectivity index (χ0) is 30.0. The van der Waals surface area contributed by atoms with Crippen LogP contribution < -0.4 is 20.7 Å². The highest BCUT2D eigenvalue weighted by Gasteiger charge is 2.50. The molecule has 2 aromatic carbocycles. The summed E-state index contributed by atoms with van der Waals surface area (Å²) >= 11 is 0. The van der Waals surface area contributed by atoms with Crippen LogP contribution in [-0.4, -0.2) is 87.4 Å². The smallest absolute Gasteiger partial charge is 0.255 e. The SMILES string of the molecule is COC[C@@H]1NC(=O)c2ccccc2OCCCCCOC[C@@H](C(=O)N[C@@H](Cc2ccccc2)C(=O)[C@@]2(C)CO2)NC1=O. The number of rotatable bonds is 8. The number of methoxy groups -OCH3 is 1. The van der Waals surface area contributed by atoms with E-state index in [9.17, 15) is 19.2 Å². The molecule has 11 nitrogen and oxygen atoms in total. The van der Waals surface area contributed by atoms with Crippen molar-refractivity contribution in [3.05, 3.63) is 65.7 Å². The van der Waals surface area contributed by atoms with Crippen LogP contribution in [-0.2, 0) is 35.0 Å². The van der Waals surface area contributed by atoms with Crippen LogP contribution >= 0.6 is 0 Å². The second kappa shape index (κ2) is 14.9. The maximum atomic E-state index is 13.6. The van der Waals surface area contributed by atoms with Gasteiger partial charge in [-0.1, -0.05) is 42.5 Å². The van der Waals surface area contributed by atoms with E-state index < -0.39 is 41.4 Å². The van der Waals surface area contributed by atoms with Gasteiger partial charge >= 0.3 is 0 Å². The number of amides is 3. The number of carbonyl (C=O) groups is 4. The average Bonchev–Trinajstić information content (AvgIpc) is 3.75. The molecule has 2 heterocycles. The molecule has 0 unspecified atom stereocenters. The van der Waals surface area contributed by atoms with E-state index in [4.69, 9.17) is 18.9 Å². The molecule has 3 N–H and O–H groups in total. The molecule has 1 saturated heterocycles. The molecule has 0 saturated carbocycles. The fourth-order valence-corrected chi connectivity index (χ4v) is 4.64. The minimum atomic E-state index is -1.13. The molecule has 2 aliphatic rings. The number of fused-ring (bicyclic) bond motifs is 1. The van der Waals surface area contributed by atoms with E-state index in [2.05, 4.69) is 16.0 Å². The fraction of sp³-hybridized carbons (Fsp3) is 0.484. The van der Waals surface area contributed by atoms with E-state index in [1.54, 1.807) is 31.2 Å². The quantitative estimate of drug-likeness (QED) is 0.399. The molecule has 2 aliphatic heterocycles. The highest BCUT2D eigenvalue weighted by molar-refractivity contribution is 6.01. The molecule has 0 radical (unpaired) electrons. The molecule has 11 heteroatoms.